The minimum atomic E-state index is 0.259. The van der Waals surface area contributed by atoms with E-state index in [9.17, 15) is 0 Å². The number of nitrogens with two attached hydrogens (primary N) is 1. The second-order valence-electron chi connectivity index (χ2n) is 3.91. The molecule has 0 saturated heterocycles. The fourth-order valence-electron chi connectivity index (χ4n) is 1.61. The zero-order valence-corrected chi connectivity index (χ0v) is 9.47. The molecular formula is C12H15N3O. The van der Waals surface area contributed by atoms with Crippen LogP contribution in [0.1, 0.15) is 18.9 Å². The molecule has 0 radical (unpaired) electrons. The highest BCUT2D eigenvalue weighted by Crippen LogP contribution is 2.18. The van der Waals surface area contributed by atoms with Crippen LogP contribution in [-0.2, 0) is 0 Å². The molecule has 1 aromatic carbocycles. The molecule has 1 aromatic rings. The quantitative estimate of drug-likeness (QED) is 0.821. The molecule has 1 unspecified atom stereocenters. The largest absolute Gasteiger partial charge is 0.497 e. The number of amidine groups is 1. The van der Waals surface area contributed by atoms with Crippen LogP contribution in [0.15, 0.2) is 34.5 Å². The first-order valence-electron chi connectivity index (χ1n) is 5.25. The molecule has 0 spiro atoms. The van der Waals surface area contributed by atoms with Gasteiger partial charge in [-0.2, -0.15) is 5.10 Å². The van der Waals surface area contributed by atoms with Gasteiger partial charge in [-0.15, -0.1) is 5.10 Å². The first-order chi connectivity index (χ1) is 7.70. The molecule has 1 atom stereocenters. The molecule has 16 heavy (non-hydrogen) atoms. The lowest BCUT2D eigenvalue weighted by atomic mass is 9.97. The third-order valence-electron chi connectivity index (χ3n) is 2.71. The Morgan fingerprint density at radius 3 is 2.50 bits per heavy atom. The van der Waals surface area contributed by atoms with Crippen molar-refractivity contribution >= 4 is 11.5 Å². The molecule has 0 amide bonds. The topological polar surface area (TPSA) is 60.0 Å². The van der Waals surface area contributed by atoms with Crippen molar-refractivity contribution in [3.63, 3.8) is 0 Å². The molecule has 1 aliphatic heterocycles. The van der Waals surface area contributed by atoms with Gasteiger partial charge in [0, 0.05) is 12.3 Å². The smallest absolute Gasteiger partial charge is 0.125 e. The van der Waals surface area contributed by atoms with E-state index in [0.717, 1.165) is 23.4 Å². The van der Waals surface area contributed by atoms with Gasteiger partial charge in [0.1, 0.15) is 11.6 Å². The SMILES string of the molecule is COc1ccc(C2=NN=C(N)C(C)C2)cc1. The first-order valence-corrected chi connectivity index (χ1v) is 5.25. The zero-order chi connectivity index (χ0) is 11.5. The summed E-state index contributed by atoms with van der Waals surface area (Å²) in [4.78, 5) is 0. The van der Waals surface area contributed by atoms with Crippen molar-refractivity contribution in [2.75, 3.05) is 7.11 Å². The van der Waals surface area contributed by atoms with Crippen LogP contribution < -0.4 is 10.5 Å². The van der Waals surface area contributed by atoms with Crippen molar-refractivity contribution < 1.29 is 4.74 Å². The molecule has 4 nitrogen and oxygen atoms in total. The lowest BCUT2D eigenvalue weighted by Gasteiger charge is -2.16. The average Bonchev–Trinajstić information content (AvgIpc) is 2.33. The van der Waals surface area contributed by atoms with Crippen molar-refractivity contribution in [3.05, 3.63) is 29.8 Å². The van der Waals surface area contributed by atoms with Crippen molar-refractivity contribution in [1.82, 2.24) is 0 Å². The van der Waals surface area contributed by atoms with Gasteiger partial charge in [-0.25, -0.2) is 0 Å². The number of benzene rings is 1. The summed E-state index contributed by atoms with van der Waals surface area (Å²) in [6, 6.07) is 7.82. The minimum Gasteiger partial charge on any atom is -0.497 e. The molecular weight excluding hydrogens is 202 g/mol. The molecule has 0 saturated carbocycles. The van der Waals surface area contributed by atoms with Gasteiger partial charge in [0.2, 0.25) is 0 Å². The normalized spacial score (nSPS) is 20.0. The number of nitrogens with zero attached hydrogens (tertiary/aromatic N) is 2. The van der Waals surface area contributed by atoms with E-state index >= 15 is 0 Å². The van der Waals surface area contributed by atoms with Crippen LogP contribution in [0.2, 0.25) is 0 Å². The molecule has 1 heterocycles. The fraction of sp³-hybridized carbons (Fsp3) is 0.333. The number of hydrogen-bond acceptors (Lipinski definition) is 4. The van der Waals surface area contributed by atoms with E-state index in [2.05, 4.69) is 17.1 Å². The van der Waals surface area contributed by atoms with Gasteiger partial charge in [0.15, 0.2) is 0 Å². The minimum absolute atomic E-state index is 0.259. The van der Waals surface area contributed by atoms with Gasteiger partial charge >= 0.3 is 0 Å². The van der Waals surface area contributed by atoms with E-state index in [1.807, 2.05) is 24.3 Å². The monoisotopic (exact) mass is 217 g/mol. The van der Waals surface area contributed by atoms with Crippen molar-refractivity contribution in [1.29, 1.82) is 0 Å². The molecule has 0 aromatic heterocycles. The Balaban J connectivity index is 2.25. The van der Waals surface area contributed by atoms with Crippen LogP contribution in [0.25, 0.3) is 0 Å². The molecule has 2 rings (SSSR count). The second kappa shape index (κ2) is 4.35. The fourth-order valence-corrected chi connectivity index (χ4v) is 1.61. The lowest BCUT2D eigenvalue weighted by molar-refractivity contribution is 0.415. The summed E-state index contributed by atoms with van der Waals surface area (Å²) in [7, 11) is 1.65. The van der Waals surface area contributed by atoms with Crippen LogP contribution in [0, 0.1) is 5.92 Å². The molecule has 0 bridgehead atoms. The average molecular weight is 217 g/mol. The number of ether oxygens (including phenoxy) is 1. The van der Waals surface area contributed by atoms with Crippen LogP contribution in [0.5, 0.6) is 5.75 Å². The summed E-state index contributed by atoms with van der Waals surface area (Å²) in [6.07, 6.45) is 0.835. The van der Waals surface area contributed by atoms with Gasteiger partial charge in [-0.05, 0) is 29.8 Å². The van der Waals surface area contributed by atoms with E-state index in [-0.39, 0.29) is 5.92 Å². The summed E-state index contributed by atoms with van der Waals surface area (Å²) >= 11 is 0. The van der Waals surface area contributed by atoms with Crippen LogP contribution in [0.4, 0.5) is 0 Å². The number of hydrogen-bond donors (Lipinski definition) is 1. The maximum atomic E-state index is 5.69. The van der Waals surface area contributed by atoms with Gasteiger partial charge in [-0.3, -0.25) is 0 Å². The molecule has 84 valence electrons. The van der Waals surface area contributed by atoms with Gasteiger partial charge < -0.3 is 10.5 Å². The van der Waals surface area contributed by atoms with Crippen LogP contribution in [-0.4, -0.2) is 18.7 Å². The molecule has 0 fully saturated rings. The van der Waals surface area contributed by atoms with Gasteiger partial charge in [0.05, 0.1) is 12.8 Å². The van der Waals surface area contributed by atoms with E-state index < -0.39 is 0 Å². The zero-order valence-electron chi connectivity index (χ0n) is 9.47. The van der Waals surface area contributed by atoms with Gasteiger partial charge in [0.25, 0.3) is 0 Å². The highest BCUT2D eigenvalue weighted by Gasteiger charge is 2.16. The summed E-state index contributed by atoms with van der Waals surface area (Å²) in [5.74, 6) is 1.71. The Hall–Kier alpha value is -1.84. The Labute approximate surface area is 94.8 Å². The first kappa shape index (κ1) is 10.7. The Morgan fingerprint density at radius 1 is 1.25 bits per heavy atom. The summed E-state index contributed by atoms with van der Waals surface area (Å²) in [6.45, 7) is 2.05. The third-order valence-corrected chi connectivity index (χ3v) is 2.71. The van der Waals surface area contributed by atoms with E-state index in [0.29, 0.717) is 5.84 Å². The maximum Gasteiger partial charge on any atom is 0.125 e. The second-order valence-corrected chi connectivity index (χ2v) is 3.91. The standard InChI is InChI=1S/C12H15N3O/c1-8-7-11(14-15-12(8)13)9-3-5-10(16-2)6-4-9/h3-6,8H,7H2,1-2H3,(H2,13,15). The van der Waals surface area contributed by atoms with Crippen LogP contribution in [0.3, 0.4) is 0 Å². The Bertz CT molecular complexity index is 434. The highest BCUT2D eigenvalue weighted by atomic mass is 16.5. The number of rotatable bonds is 2. The molecule has 1 aliphatic rings. The summed E-state index contributed by atoms with van der Waals surface area (Å²) in [5.41, 5.74) is 7.74. The Kier molecular flexibility index (Phi) is 2.90. The van der Waals surface area contributed by atoms with Gasteiger partial charge in [-0.1, -0.05) is 6.92 Å². The van der Waals surface area contributed by atoms with Crippen molar-refractivity contribution in [3.8, 4) is 5.75 Å². The summed E-state index contributed by atoms with van der Waals surface area (Å²) in [5, 5.41) is 8.09. The maximum absolute atomic E-state index is 5.69. The van der Waals surface area contributed by atoms with E-state index in [4.69, 9.17) is 10.5 Å². The predicted octanol–water partition coefficient (Wildman–Crippen LogP) is 1.80. The number of methoxy groups -OCH3 is 1. The third kappa shape index (κ3) is 2.05. The molecule has 0 aliphatic carbocycles. The molecule has 2 N–H and O–H groups in total. The van der Waals surface area contributed by atoms with Crippen LogP contribution >= 0.6 is 0 Å². The van der Waals surface area contributed by atoms with E-state index in [1.54, 1.807) is 7.11 Å². The highest BCUT2D eigenvalue weighted by molar-refractivity contribution is 6.04. The molecule has 4 heteroatoms. The lowest BCUT2D eigenvalue weighted by Crippen LogP contribution is -2.26. The predicted molar refractivity (Wildman–Crippen MR) is 64.9 cm³/mol. The van der Waals surface area contributed by atoms with E-state index in [1.165, 1.54) is 0 Å². The van der Waals surface area contributed by atoms with Crippen molar-refractivity contribution in [2.45, 2.75) is 13.3 Å². The Morgan fingerprint density at radius 2 is 1.94 bits per heavy atom. The van der Waals surface area contributed by atoms with Crippen molar-refractivity contribution in [2.24, 2.45) is 21.9 Å². The summed E-state index contributed by atoms with van der Waals surface area (Å²) < 4.78 is 5.11.